The first-order chi connectivity index (χ1) is 9.58. The summed E-state index contributed by atoms with van der Waals surface area (Å²) in [6.45, 7) is 1.92. The molecular formula is C16H17NO3. The minimum Gasteiger partial charge on any atom is -0.481 e. The first-order valence-electron chi connectivity index (χ1n) is 6.85. The Balaban J connectivity index is 1.82. The van der Waals surface area contributed by atoms with E-state index in [9.17, 15) is 14.7 Å². The Kier molecular flexibility index (Phi) is 3.08. The largest absolute Gasteiger partial charge is 0.481 e. The Morgan fingerprint density at radius 2 is 1.80 bits per heavy atom. The molecule has 3 rings (SSSR count). The molecule has 1 aromatic carbocycles. The molecule has 2 N–H and O–H groups in total. The number of rotatable bonds is 3. The second-order valence-electron chi connectivity index (χ2n) is 5.64. The monoisotopic (exact) mass is 271 g/mol. The minimum absolute atomic E-state index is 0.00474. The maximum atomic E-state index is 12.5. The molecule has 0 spiro atoms. The van der Waals surface area contributed by atoms with E-state index in [1.54, 1.807) is 0 Å². The lowest BCUT2D eigenvalue weighted by molar-refractivity contribution is -0.146. The van der Waals surface area contributed by atoms with Gasteiger partial charge in [-0.2, -0.15) is 0 Å². The highest BCUT2D eigenvalue weighted by molar-refractivity contribution is 5.96. The van der Waals surface area contributed by atoms with Crippen molar-refractivity contribution < 1.29 is 14.7 Å². The second-order valence-corrected chi connectivity index (χ2v) is 5.64. The molecule has 1 saturated carbocycles. The fourth-order valence-electron chi connectivity index (χ4n) is 3.45. The molecule has 0 aliphatic heterocycles. The molecule has 2 aliphatic carbocycles. The van der Waals surface area contributed by atoms with Crippen LogP contribution < -0.4 is 5.32 Å². The minimum atomic E-state index is -0.869. The molecule has 1 aromatic rings. The third kappa shape index (κ3) is 2.01. The van der Waals surface area contributed by atoms with E-state index < -0.39 is 17.8 Å². The lowest BCUT2D eigenvalue weighted by Gasteiger charge is -2.24. The number of aliphatic carboxylic acids is 1. The zero-order chi connectivity index (χ0) is 14.3. The smallest absolute Gasteiger partial charge is 0.307 e. The van der Waals surface area contributed by atoms with Crippen LogP contribution in [-0.4, -0.2) is 17.0 Å². The molecule has 4 atom stereocenters. The van der Waals surface area contributed by atoms with Crippen molar-refractivity contribution >= 4 is 17.6 Å². The van der Waals surface area contributed by atoms with Crippen molar-refractivity contribution in [1.82, 2.24) is 0 Å². The lowest BCUT2D eigenvalue weighted by atomic mass is 9.82. The van der Waals surface area contributed by atoms with Crippen LogP contribution in [0.4, 0.5) is 5.69 Å². The quantitative estimate of drug-likeness (QED) is 0.830. The summed E-state index contributed by atoms with van der Waals surface area (Å²) in [7, 11) is 0. The van der Waals surface area contributed by atoms with E-state index >= 15 is 0 Å². The van der Waals surface area contributed by atoms with E-state index in [0.717, 1.165) is 17.7 Å². The van der Waals surface area contributed by atoms with Gasteiger partial charge < -0.3 is 10.4 Å². The normalized spacial score (nSPS) is 30.4. The van der Waals surface area contributed by atoms with Crippen molar-refractivity contribution in [2.45, 2.75) is 13.3 Å². The van der Waals surface area contributed by atoms with Gasteiger partial charge in [0.2, 0.25) is 5.91 Å². The topological polar surface area (TPSA) is 66.4 Å². The summed E-state index contributed by atoms with van der Waals surface area (Å²) in [5, 5.41) is 12.2. The number of nitrogens with one attached hydrogen (secondary N) is 1. The highest BCUT2D eigenvalue weighted by Crippen LogP contribution is 2.48. The summed E-state index contributed by atoms with van der Waals surface area (Å²) >= 11 is 0. The molecule has 0 heterocycles. The van der Waals surface area contributed by atoms with E-state index in [1.165, 1.54) is 0 Å². The van der Waals surface area contributed by atoms with Gasteiger partial charge >= 0.3 is 5.97 Å². The predicted molar refractivity (Wildman–Crippen MR) is 75.2 cm³/mol. The van der Waals surface area contributed by atoms with Crippen LogP contribution in [0.3, 0.4) is 0 Å². The molecule has 2 bridgehead atoms. The third-order valence-corrected chi connectivity index (χ3v) is 4.45. The average molecular weight is 271 g/mol. The van der Waals surface area contributed by atoms with Gasteiger partial charge in [0.05, 0.1) is 11.8 Å². The van der Waals surface area contributed by atoms with Crippen LogP contribution in [0.1, 0.15) is 12.0 Å². The summed E-state index contributed by atoms with van der Waals surface area (Å²) in [6, 6.07) is 7.53. The van der Waals surface area contributed by atoms with Gasteiger partial charge in [-0.1, -0.05) is 30.4 Å². The molecule has 104 valence electrons. The van der Waals surface area contributed by atoms with E-state index in [0.29, 0.717) is 0 Å². The number of hydrogen-bond acceptors (Lipinski definition) is 2. The van der Waals surface area contributed by atoms with Crippen molar-refractivity contribution in [3.05, 3.63) is 42.0 Å². The van der Waals surface area contributed by atoms with E-state index in [1.807, 2.05) is 43.3 Å². The number of benzene rings is 1. The van der Waals surface area contributed by atoms with Crippen LogP contribution in [0, 0.1) is 30.6 Å². The van der Waals surface area contributed by atoms with Crippen molar-refractivity contribution in [3.63, 3.8) is 0 Å². The van der Waals surface area contributed by atoms with Crippen LogP contribution in [0.25, 0.3) is 0 Å². The number of amides is 1. The first kappa shape index (κ1) is 12.9. The van der Waals surface area contributed by atoms with Crippen LogP contribution in [0.5, 0.6) is 0 Å². The number of anilines is 1. The van der Waals surface area contributed by atoms with E-state index in [4.69, 9.17) is 0 Å². The number of fused-ring (bicyclic) bond motifs is 2. The molecule has 0 aromatic heterocycles. The highest BCUT2D eigenvalue weighted by Gasteiger charge is 2.51. The first-order valence-corrected chi connectivity index (χ1v) is 6.85. The Morgan fingerprint density at radius 3 is 2.45 bits per heavy atom. The number of carboxylic acids is 1. The van der Waals surface area contributed by atoms with Crippen molar-refractivity contribution in [1.29, 1.82) is 0 Å². The number of carbonyl (C=O) groups is 2. The number of carboxylic acid groups (broad SMARTS) is 1. The number of hydrogen-bond donors (Lipinski definition) is 2. The SMILES string of the molecule is Cc1ccccc1NC(=O)C1C2C=CC(C2)C1C(=O)O. The number of aryl methyl sites for hydroxylation is 1. The maximum Gasteiger partial charge on any atom is 0.307 e. The zero-order valence-electron chi connectivity index (χ0n) is 11.2. The van der Waals surface area contributed by atoms with Gasteiger partial charge in [0.15, 0.2) is 0 Å². The molecule has 1 fully saturated rings. The van der Waals surface area contributed by atoms with Gasteiger partial charge in [-0.05, 0) is 36.8 Å². The van der Waals surface area contributed by atoms with E-state index in [2.05, 4.69) is 5.32 Å². The number of carbonyl (C=O) groups excluding carboxylic acids is 1. The average Bonchev–Trinajstić information content (AvgIpc) is 3.01. The standard InChI is InChI=1S/C16H17NO3/c1-9-4-2-3-5-12(9)17-15(18)13-10-6-7-11(8-10)14(13)16(19)20/h2-7,10-11,13-14H,8H2,1H3,(H,17,18)(H,19,20). The summed E-state index contributed by atoms with van der Waals surface area (Å²) in [5.74, 6) is -2.03. The van der Waals surface area contributed by atoms with Crippen molar-refractivity contribution in [2.24, 2.45) is 23.7 Å². The molecule has 1 amide bonds. The van der Waals surface area contributed by atoms with Gasteiger partial charge in [0.1, 0.15) is 0 Å². The fraction of sp³-hybridized carbons (Fsp3) is 0.375. The molecular weight excluding hydrogens is 254 g/mol. The number of para-hydroxylation sites is 1. The second kappa shape index (κ2) is 4.78. The Hall–Kier alpha value is -2.10. The van der Waals surface area contributed by atoms with Crippen LogP contribution in [0.2, 0.25) is 0 Å². The Labute approximate surface area is 117 Å². The van der Waals surface area contributed by atoms with Crippen LogP contribution in [0.15, 0.2) is 36.4 Å². The maximum absolute atomic E-state index is 12.5. The van der Waals surface area contributed by atoms with Gasteiger partial charge in [0, 0.05) is 5.69 Å². The Bertz CT molecular complexity index is 593. The van der Waals surface area contributed by atoms with Crippen molar-refractivity contribution in [2.75, 3.05) is 5.32 Å². The molecule has 4 nitrogen and oxygen atoms in total. The van der Waals surface area contributed by atoms with Gasteiger partial charge in [-0.15, -0.1) is 0 Å². The summed E-state index contributed by atoms with van der Waals surface area (Å²) in [5.41, 5.74) is 1.74. The zero-order valence-corrected chi connectivity index (χ0v) is 11.2. The lowest BCUT2D eigenvalue weighted by Crippen LogP contribution is -2.36. The molecule has 4 heteroatoms. The molecule has 0 radical (unpaired) electrons. The fourth-order valence-corrected chi connectivity index (χ4v) is 3.45. The van der Waals surface area contributed by atoms with Crippen molar-refractivity contribution in [3.8, 4) is 0 Å². The molecule has 4 unspecified atom stereocenters. The molecule has 20 heavy (non-hydrogen) atoms. The predicted octanol–water partition coefficient (Wildman–Crippen LogP) is 2.46. The van der Waals surface area contributed by atoms with Gasteiger partial charge in [0.25, 0.3) is 0 Å². The molecule has 0 saturated heterocycles. The Morgan fingerprint density at radius 1 is 1.15 bits per heavy atom. The highest BCUT2D eigenvalue weighted by atomic mass is 16.4. The van der Waals surface area contributed by atoms with Crippen LogP contribution in [-0.2, 0) is 9.59 Å². The third-order valence-electron chi connectivity index (χ3n) is 4.45. The summed E-state index contributed by atoms with van der Waals surface area (Å²) in [6.07, 6.45) is 4.72. The van der Waals surface area contributed by atoms with Crippen LogP contribution >= 0.6 is 0 Å². The number of allylic oxidation sites excluding steroid dienone is 2. The summed E-state index contributed by atoms with van der Waals surface area (Å²) in [4.78, 5) is 23.9. The van der Waals surface area contributed by atoms with E-state index in [-0.39, 0.29) is 17.7 Å². The van der Waals surface area contributed by atoms with Gasteiger partial charge in [-0.25, -0.2) is 0 Å². The molecule has 2 aliphatic rings. The van der Waals surface area contributed by atoms with Gasteiger partial charge in [-0.3, -0.25) is 9.59 Å². The summed E-state index contributed by atoms with van der Waals surface area (Å²) < 4.78 is 0.